The van der Waals surface area contributed by atoms with E-state index in [1.165, 1.54) is 0 Å². The molecule has 2 aromatic carbocycles. The smallest absolute Gasteiger partial charge is 0.399 e. The SMILES string of the molecule is CC(C)(C)C(=O)Nc1ccc(C#Cc2ccccc2)cc1B1OC(C)(C)C(C)(C)O1. The second-order valence-corrected chi connectivity index (χ2v) is 9.71. The maximum Gasteiger partial charge on any atom is 0.497 e. The van der Waals surface area contributed by atoms with Gasteiger partial charge < -0.3 is 14.6 Å². The summed E-state index contributed by atoms with van der Waals surface area (Å²) in [5.74, 6) is 6.31. The maximum absolute atomic E-state index is 12.6. The molecule has 0 unspecified atom stereocenters. The summed E-state index contributed by atoms with van der Waals surface area (Å²) in [5, 5.41) is 3.04. The number of nitrogens with one attached hydrogen (secondary N) is 1. The first-order valence-corrected chi connectivity index (χ1v) is 10.3. The van der Waals surface area contributed by atoms with E-state index in [-0.39, 0.29) is 5.91 Å². The molecule has 0 atom stereocenters. The average molecular weight is 403 g/mol. The van der Waals surface area contributed by atoms with Gasteiger partial charge in [0.2, 0.25) is 5.91 Å². The van der Waals surface area contributed by atoms with Crippen molar-refractivity contribution in [1.29, 1.82) is 0 Å². The van der Waals surface area contributed by atoms with Gasteiger partial charge in [-0.1, -0.05) is 50.8 Å². The lowest BCUT2D eigenvalue weighted by Gasteiger charge is -2.32. The third kappa shape index (κ3) is 4.78. The van der Waals surface area contributed by atoms with Gasteiger partial charge in [0.15, 0.2) is 0 Å². The third-order valence-corrected chi connectivity index (χ3v) is 5.61. The molecule has 1 saturated heterocycles. The van der Waals surface area contributed by atoms with Crippen LogP contribution >= 0.6 is 0 Å². The van der Waals surface area contributed by atoms with Gasteiger partial charge in [-0.25, -0.2) is 0 Å². The molecule has 1 aliphatic heterocycles. The number of rotatable bonds is 2. The molecule has 2 aromatic rings. The Labute approximate surface area is 180 Å². The van der Waals surface area contributed by atoms with Crippen LogP contribution < -0.4 is 10.8 Å². The Hall–Kier alpha value is -2.55. The van der Waals surface area contributed by atoms with Gasteiger partial charge in [-0.3, -0.25) is 4.79 Å². The molecule has 0 saturated carbocycles. The van der Waals surface area contributed by atoms with Crippen molar-refractivity contribution in [2.24, 2.45) is 5.41 Å². The average Bonchev–Trinajstić information content (AvgIpc) is 2.88. The van der Waals surface area contributed by atoms with Crippen LogP contribution in [0.1, 0.15) is 59.6 Å². The van der Waals surface area contributed by atoms with E-state index in [1.807, 2.05) is 97.0 Å². The fraction of sp³-hybridized carbons (Fsp3) is 0.400. The van der Waals surface area contributed by atoms with E-state index in [4.69, 9.17) is 9.31 Å². The Kier molecular flexibility index (Phi) is 5.86. The summed E-state index contributed by atoms with van der Waals surface area (Å²) < 4.78 is 12.5. The summed E-state index contributed by atoms with van der Waals surface area (Å²) >= 11 is 0. The van der Waals surface area contributed by atoms with E-state index >= 15 is 0 Å². The number of carbonyl (C=O) groups is 1. The van der Waals surface area contributed by atoms with Crippen molar-refractivity contribution in [2.75, 3.05) is 5.32 Å². The van der Waals surface area contributed by atoms with E-state index in [1.54, 1.807) is 0 Å². The fourth-order valence-corrected chi connectivity index (χ4v) is 2.89. The fourth-order valence-electron chi connectivity index (χ4n) is 2.89. The number of benzene rings is 2. The topological polar surface area (TPSA) is 47.6 Å². The van der Waals surface area contributed by atoms with Crippen LogP contribution in [0.15, 0.2) is 48.5 Å². The summed E-state index contributed by atoms with van der Waals surface area (Å²) in [6, 6.07) is 15.6. The van der Waals surface area contributed by atoms with Gasteiger partial charge in [0.05, 0.1) is 11.2 Å². The lowest BCUT2D eigenvalue weighted by atomic mass is 9.76. The van der Waals surface area contributed by atoms with Crippen LogP contribution in [-0.2, 0) is 14.1 Å². The van der Waals surface area contributed by atoms with E-state index in [9.17, 15) is 4.79 Å². The third-order valence-electron chi connectivity index (χ3n) is 5.61. The largest absolute Gasteiger partial charge is 0.497 e. The highest BCUT2D eigenvalue weighted by Gasteiger charge is 2.52. The molecule has 1 N–H and O–H groups in total. The molecule has 0 radical (unpaired) electrons. The Morgan fingerprint density at radius 2 is 1.47 bits per heavy atom. The number of amides is 1. The molecule has 0 spiro atoms. The lowest BCUT2D eigenvalue weighted by molar-refractivity contribution is -0.123. The molecule has 5 heteroatoms. The number of carbonyl (C=O) groups excluding carboxylic acids is 1. The van der Waals surface area contributed by atoms with E-state index in [2.05, 4.69) is 17.2 Å². The van der Waals surface area contributed by atoms with Crippen molar-refractivity contribution >= 4 is 24.2 Å². The second kappa shape index (κ2) is 7.94. The minimum absolute atomic E-state index is 0.0663. The van der Waals surface area contributed by atoms with Crippen LogP contribution in [-0.4, -0.2) is 24.2 Å². The van der Waals surface area contributed by atoms with Crippen molar-refractivity contribution in [3.8, 4) is 11.8 Å². The number of anilines is 1. The van der Waals surface area contributed by atoms with Crippen molar-refractivity contribution in [3.63, 3.8) is 0 Å². The highest BCUT2D eigenvalue weighted by molar-refractivity contribution is 6.64. The highest BCUT2D eigenvalue weighted by Crippen LogP contribution is 2.37. The van der Waals surface area contributed by atoms with Crippen molar-refractivity contribution < 1.29 is 14.1 Å². The first kappa shape index (κ1) is 22.1. The summed E-state index contributed by atoms with van der Waals surface area (Å²) in [5.41, 5.74) is 1.75. The molecule has 1 aliphatic rings. The van der Waals surface area contributed by atoms with Gasteiger partial charge in [0, 0.05) is 27.7 Å². The zero-order chi connectivity index (χ0) is 22.2. The second-order valence-electron chi connectivity index (χ2n) is 9.71. The van der Waals surface area contributed by atoms with Gasteiger partial charge in [0.1, 0.15) is 0 Å². The highest BCUT2D eigenvalue weighted by atomic mass is 16.7. The summed E-state index contributed by atoms with van der Waals surface area (Å²) in [4.78, 5) is 12.6. The minimum atomic E-state index is -0.594. The summed E-state index contributed by atoms with van der Waals surface area (Å²) in [6.07, 6.45) is 0. The summed E-state index contributed by atoms with van der Waals surface area (Å²) in [6.45, 7) is 13.7. The van der Waals surface area contributed by atoms with Gasteiger partial charge >= 0.3 is 7.12 Å². The molecular formula is C25H30BNO3. The Bertz CT molecular complexity index is 979. The molecule has 0 bridgehead atoms. The molecule has 0 aliphatic carbocycles. The maximum atomic E-state index is 12.6. The number of hydrogen-bond acceptors (Lipinski definition) is 3. The Morgan fingerprint density at radius 1 is 0.900 bits per heavy atom. The molecule has 1 heterocycles. The predicted molar refractivity (Wildman–Crippen MR) is 123 cm³/mol. The van der Waals surface area contributed by atoms with Crippen LogP contribution in [0.2, 0.25) is 0 Å². The summed E-state index contributed by atoms with van der Waals surface area (Å²) in [7, 11) is -0.594. The zero-order valence-electron chi connectivity index (χ0n) is 18.9. The van der Waals surface area contributed by atoms with Crippen LogP contribution in [0.5, 0.6) is 0 Å². The van der Waals surface area contributed by atoms with Gasteiger partial charge in [-0.2, -0.15) is 0 Å². The van der Waals surface area contributed by atoms with Crippen LogP contribution in [0, 0.1) is 17.3 Å². The van der Waals surface area contributed by atoms with Crippen LogP contribution in [0.4, 0.5) is 5.69 Å². The van der Waals surface area contributed by atoms with Gasteiger partial charge in [-0.05, 0) is 58.0 Å². The first-order valence-electron chi connectivity index (χ1n) is 10.3. The van der Waals surface area contributed by atoms with Crippen LogP contribution in [0.3, 0.4) is 0 Å². The van der Waals surface area contributed by atoms with Gasteiger partial charge in [-0.15, -0.1) is 0 Å². The van der Waals surface area contributed by atoms with Crippen molar-refractivity contribution in [1.82, 2.24) is 0 Å². The Balaban J connectivity index is 1.99. The van der Waals surface area contributed by atoms with E-state index < -0.39 is 23.7 Å². The molecule has 1 amide bonds. The first-order chi connectivity index (χ1) is 13.9. The van der Waals surface area contributed by atoms with E-state index in [0.29, 0.717) is 5.69 Å². The zero-order valence-corrected chi connectivity index (χ0v) is 18.9. The lowest BCUT2D eigenvalue weighted by Crippen LogP contribution is -2.41. The predicted octanol–water partition coefficient (Wildman–Crippen LogP) is 4.37. The molecule has 30 heavy (non-hydrogen) atoms. The normalized spacial score (nSPS) is 17.2. The Morgan fingerprint density at radius 3 is 2.03 bits per heavy atom. The number of hydrogen-bond donors (Lipinski definition) is 1. The van der Waals surface area contributed by atoms with E-state index in [0.717, 1.165) is 16.6 Å². The van der Waals surface area contributed by atoms with Crippen LogP contribution in [0.25, 0.3) is 0 Å². The standard InChI is InChI=1S/C25H30BNO3/c1-23(2,3)22(28)27-21-16-15-19(14-13-18-11-9-8-10-12-18)17-20(21)26-29-24(4,5)25(6,7)30-26/h8-12,15-17H,1-7H3,(H,27,28). The quantitative estimate of drug-likeness (QED) is 0.599. The molecule has 0 aromatic heterocycles. The van der Waals surface area contributed by atoms with Crippen molar-refractivity contribution in [3.05, 3.63) is 59.7 Å². The molecular weight excluding hydrogens is 373 g/mol. The van der Waals surface area contributed by atoms with Gasteiger partial charge in [0.25, 0.3) is 0 Å². The molecule has 3 rings (SSSR count). The minimum Gasteiger partial charge on any atom is -0.399 e. The molecule has 4 nitrogen and oxygen atoms in total. The molecule has 1 fully saturated rings. The van der Waals surface area contributed by atoms with Crippen molar-refractivity contribution in [2.45, 2.75) is 59.7 Å². The monoisotopic (exact) mass is 403 g/mol. The molecule has 156 valence electrons.